The molecule has 0 saturated heterocycles. The second-order valence-corrected chi connectivity index (χ2v) is 3.89. The number of nitrogens with one attached hydrogen (secondary N) is 1. The summed E-state index contributed by atoms with van der Waals surface area (Å²) in [5.41, 5.74) is 1.07. The molecule has 0 aliphatic heterocycles. The summed E-state index contributed by atoms with van der Waals surface area (Å²) in [6, 6.07) is 0. The van der Waals surface area contributed by atoms with E-state index in [1.165, 1.54) is 0 Å². The molecule has 0 bridgehead atoms. The quantitative estimate of drug-likeness (QED) is 0.479. The highest BCUT2D eigenvalue weighted by molar-refractivity contribution is 7.81. The molecule has 2 atom stereocenters. The average Bonchev–Trinajstić information content (AvgIpc) is 2.00. The van der Waals surface area contributed by atoms with E-state index < -0.39 is 0 Å². The van der Waals surface area contributed by atoms with E-state index in [1.807, 2.05) is 7.98 Å². The van der Waals surface area contributed by atoms with E-state index >= 15 is 0 Å². The van der Waals surface area contributed by atoms with Gasteiger partial charge in [-0.15, -0.1) is 0 Å². The van der Waals surface area contributed by atoms with Gasteiger partial charge in [0.25, 0.3) is 0 Å². The van der Waals surface area contributed by atoms with Gasteiger partial charge in [-0.1, -0.05) is 27.4 Å². The Kier molecular flexibility index (Phi) is 4.74. The number of hydrogen-bond donors (Lipinski definition) is 2. The third-order valence-corrected chi connectivity index (χ3v) is 3.11. The van der Waals surface area contributed by atoms with Gasteiger partial charge >= 0.3 is 0 Å². The van der Waals surface area contributed by atoms with Crippen LogP contribution in [0.2, 0.25) is 0 Å². The molecule has 64 valence electrons. The fraction of sp³-hybridized carbons (Fsp3) is 0.750. The molecule has 0 aromatic heterocycles. The summed E-state index contributed by atoms with van der Waals surface area (Å²) in [5, 5.41) is 3.46. The molecule has 0 aliphatic rings. The number of rotatable bonds is 4. The molecular weight excluding hydrogens is 153 g/mol. The zero-order valence-corrected chi connectivity index (χ0v) is 8.78. The van der Waals surface area contributed by atoms with Crippen molar-refractivity contribution in [2.24, 2.45) is 11.8 Å². The predicted octanol–water partition coefficient (Wildman–Crippen LogP) is 1.23. The van der Waals surface area contributed by atoms with Crippen molar-refractivity contribution in [1.82, 2.24) is 5.23 Å². The van der Waals surface area contributed by atoms with E-state index in [0.717, 1.165) is 5.70 Å². The van der Waals surface area contributed by atoms with E-state index in [0.29, 0.717) is 17.1 Å². The minimum absolute atomic E-state index is 0.398. The summed E-state index contributed by atoms with van der Waals surface area (Å²) in [5.74, 6) is 1.03. The Morgan fingerprint density at radius 1 is 1.45 bits per heavy atom. The van der Waals surface area contributed by atoms with Crippen LogP contribution in [0, 0.1) is 11.8 Å². The van der Waals surface area contributed by atoms with Crippen LogP contribution in [0.5, 0.6) is 0 Å². The van der Waals surface area contributed by atoms with E-state index in [9.17, 15) is 0 Å². The molecule has 11 heavy (non-hydrogen) atoms. The van der Waals surface area contributed by atoms with Gasteiger partial charge in [0.15, 0.2) is 0 Å². The first-order valence-electron chi connectivity index (χ1n) is 4.05. The van der Waals surface area contributed by atoms with Crippen molar-refractivity contribution in [3.63, 3.8) is 0 Å². The summed E-state index contributed by atoms with van der Waals surface area (Å²) in [7, 11) is 1.90. The van der Waals surface area contributed by atoms with Crippen LogP contribution >= 0.6 is 12.6 Å². The van der Waals surface area contributed by atoms with Crippen LogP contribution in [0.1, 0.15) is 20.8 Å². The van der Waals surface area contributed by atoms with Gasteiger partial charge in [0.1, 0.15) is 0 Å². The smallest absolute Gasteiger partial charge is 0.213 e. The van der Waals surface area contributed by atoms with Crippen molar-refractivity contribution in [3.8, 4) is 0 Å². The Morgan fingerprint density at radius 3 is 2.18 bits per heavy atom. The summed E-state index contributed by atoms with van der Waals surface area (Å²) in [4.78, 5) is 0. The lowest BCUT2D eigenvalue weighted by molar-refractivity contribution is 0.499. The maximum Gasteiger partial charge on any atom is 0.213 e. The molecule has 0 amide bonds. The molecule has 0 aliphatic carbocycles. The molecule has 3 heteroatoms. The number of hydrogen-bond acceptors (Lipinski definition) is 2. The third-order valence-electron chi connectivity index (χ3n) is 2.07. The topological polar surface area (TPSA) is 12.0 Å². The molecule has 2 unspecified atom stereocenters. The fourth-order valence-corrected chi connectivity index (χ4v) is 1.19. The minimum atomic E-state index is 0.398. The molecule has 0 saturated carbocycles. The largest absolute Gasteiger partial charge is 0.438 e. The second-order valence-electron chi connectivity index (χ2n) is 3.30. The third kappa shape index (κ3) is 3.23. The van der Waals surface area contributed by atoms with Crippen LogP contribution in [0.3, 0.4) is 0 Å². The Bertz CT molecular complexity index is 136. The highest BCUT2D eigenvalue weighted by Gasteiger charge is 2.17. The molecule has 0 rings (SSSR count). The molecule has 0 spiro atoms. The maximum absolute atomic E-state index is 4.51. The van der Waals surface area contributed by atoms with E-state index in [1.54, 1.807) is 0 Å². The van der Waals surface area contributed by atoms with Crippen molar-refractivity contribution >= 4 is 20.6 Å². The van der Waals surface area contributed by atoms with Crippen LogP contribution < -0.4 is 5.23 Å². The monoisotopic (exact) mass is 171 g/mol. The van der Waals surface area contributed by atoms with Crippen LogP contribution in [0.4, 0.5) is 0 Å². The van der Waals surface area contributed by atoms with Gasteiger partial charge in [-0.05, 0) is 11.6 Å². The highest BCUT2D eigenvalue weighted by atomic mass is 32.1. The van der Waals surface area contributed by atoms with Crippen molar-refractivity contribution in [2.75, 3.05) is 0 Å². The van der Waals surface area contributed by atoms with Crippen molar-refractivity contribution in [2.45, 2.75) is 26.0 Å². The first-order chi connectivity index (χ1) is 5.00. The zero-order valence-electron chi connectivity index (χ0n) is 7.89. The normalized spacial score (nSPS) is 16.1. The molecule has 0 aromatic carbocycles. The first-order valence-corrected chi connectivity index (χ1v) is 4.57. The molecule has 0 heterocycles. The van der Waals surface area contributed by atoms with Gasteiger partial charge in [-0.3, -0.25) is 0 Å². The predicted molar refractivity (Wildman–Crippen MR) is 57.6 cm³/mol. The van der Waals surface area contributed by atoms with Crippen LogP contribution in [0.25, 0.3) is 0 Å². The SMILES string of the molecule is BNC(=C)C(C)C(S)C(C)C. The van der Waals surface area contributed by atoms with Gasteiger partial charge in [-0.25, -0.2) is 0 Å². The van der Waals surface area contributed by atoms with E-state index in [2.05, 4.69) is 45.2 Å². The van der Waals surface area contributed by atoms with Gasteiger partial charge in [0.05, 0.1) is 0 Å². The minimum Gasteiger partial charge on any atom is -0.438 e. The summed E-state index contributed by atoms with van der Waals surface area (Å²) in [6.45, 7) is 10.4. The maximum atomic E-state index is 4.51. The van der Waals surface area contributed by atoms with Crippen molar-refractivity contribution < 1.29 is 0 Å². The lowest BCUT2D eigenvalue weighted by atomic mass is 9.95. The van der Waals surface area contributed by atoms with Crippen LogP contribution in [0.15, 0.2) is 12.3 Å². The molecular formula is C8H18BNS. The van der Waals surface area contributed by atoms with Gasteiger partial charge in [0.2, 0.25) is 7.98 Å². The van der Waals surface area contributed by atoms with Gasteiger partial charge in [-0.2, -0.15) is 12.6 Å². The molecule has 1 nitrogen and oxygen atoms in total. The highest BCUT2D eigenvalue weighted by Crippen LogP contribution is 2.22. The van der Waals surface area contributed by atoms with E-state index in [4.69, 9.17) is 0 Å². The summed E-state index contributed by atoms with van der Waals surface area (Å²) in [6.07, 6.45) is 0. The Morgan fingerprint density at radius 2 is 1.91 bits per heavy atom. The second kappa shape index (κ2) is 4.76. The molecule has 0 radical (unpaired) electrons. The summed E-state index contributed by atoms with van der Waals surface area (Å²) >= 11 is 4.51. The van der Waals surface area contributed by atoms with Gasteiger partial charge in [0, 0.05) is 11.2 Å². The lowest BCUT2D eigenvalue weighted by Gasteiger charge is -2.24. The molecule has 0 fully saturated rings. The Balaban J connectivity index is 4.01. The van der Waals surface area contributed by atoms with Crippen LogP contribution in [-0.4, -0.2) is 13.2 Å². The standard InChI is InChI=1S/C8H18BNS/c1-5(2)8(11)6(3)7(4)10-9/h5-6,8,10-11H,4,9H2,1-3H3. The molecule has 0 aromatic rings. The molecule has 1 N–H and O–H groups in total. The van der Waals surface area contributed by atoms with E-state index in [-0.39, 0.29) is 0 Å². The van der Waals surface area contributed by atoms with Gasteiger partial charge < -0.3 is 5.23 Å². The van der Waals surface area contributed by atoms with Crippen molar-refractivity contribution in [1.29, 1.82) is 0 Å². The first kappa shape index (κ1) is 11.0. The number of allylic oxidation sites excluding steroid dienone is 1. The van der Waals surface area contributed by atoms with Crippen LogP contribution in [-0.2, 0) is 0 Å². The summed E-state index contributed by atoms with van der Waals surface area (Å²) < 4.78 is 0. The zero-order chi connectivity index (χ0) is 9.02. The number of thiol groups is 1. The Labute approximate surface area is 76.5 Å². The van der Waals surface area contributed by atoms with Crippen molar-refractivity contribution in [3.05, 3.63) is 12.3 Å². The fourth-order valence-electron chi connectivity index (χ4n) is 1.01. The Hall–Kier alpha value is -0.0451. The average molecular weight is 171 g/mol. The lowest BCUT2D eigenvalue weighted by Crippen LogP contribution is -2.25.